The van der Waals surface area contributed by atoms with E-state index in [1.807, 2.05) is 12.1 Å². The van der Waals surface area contributed by atoms with E-state index in [4.69, 9.17) is 23.7 Å². The molecule has 1 saturated heterocycles. The van der Waals surface area contributed by atoms with Gasteiger partial charge in [-0.05, 0) is 37.0 Å². The molecular weight excluding hydrogens is 733 g/mol. The van der Waals surface area contributed by atoms with E-state index in [9.17, 15) is 20.4 Å². The highest BCUT2D eigenvalue weighted by molar-refractivity contribution is 5.54. The summed E-state index contributed by atoms with van der Waals surface area (Å²) >= 11 is 0. The lowest BCUT2D eigenvalue weighted by atomic mass is 9.99. The van der Waals surface area contributed by atoms with Crippen molar-refractivity contribution in [2.75, 3.05) is 26.4 Å². The molecule has 0 unspecified atom stereocenters. The fourth-order valence-corrected chi connectivity index (χ4v) is 7.76. The van der Waals surface area contributed by atoms with Crippen LogP contribution in [0.5, 0.6) is 17.2 Å². The molecule has 1 heterocycles. The molecule has 0 amide bonds. The standard InChI is InChI=1S/C49H90O9/c1-4-7-10-13-16-19-22-25-28-31-34-54-42-37-41(40-57-49-47(53)46(52)45(51)44(39-50)58-49)38-43(55-35-32-29-26-23-20-17-14-11-8-5-2)48(42)56-36-33-30-27-24-21-18-15-12-9-6-3/h37-38,44-47,49-53H,4-36,39-40H2,1-3H3/t44-,45-,46+,47+,49-/m1/s1. The van der Waals surface area contributed by atoms with Crippen LogP contribution in [-0.4, -0.2) is 77.6 Å². The Balaban J connectivity index is 2.08. The van der Waals surface area contributed by atoms with Gasteiger partial charge in [-0.1, -0.05) is 194 Å². The smallest absolute Gasteiger partial charge is 0.203 e. The predicted octanol–water partition coefficient (Wildman–Crippen LogP) is 11.9. The highest BCUT2D eigenvalue weighted by Crippen LogP contribution is 2.40. The summed E-state index contributed by atoms with van der Waals surface area (Å²) in [5.41, 5.74) is 0.749. The van der Waals surface area contributed by atoms with Crippen LogP contribution in [0.4, 0.5) is 0 Å². The van der Waals surface area contributed by atoms with Gasteiger partial charge in [-0.3, -0.25) is 0 Å². The normalized spacial score (nSPS) is 19.5. The van der Waals surface area contributed by atoms with Crippen molar-refractivity contribution in [1.82, 2.24) is 0 Å². The Morgan fingerprint density at radius 3 is 1.16 bits per heavy atom. The van der Waals surface area contributed by atoms with Crippen molar-refractivity contribution in [1.29, 1.82) is 0 Å². The molecule has 9 heteroatoms. The van der Waals surface area contributed by atoms with E-state index < -0.39 is 37.3 Å². The third kappa shape index (κ3) is 24.0. The largest absolute Gasteiger partial charge is 0.490 e. The van der Waals surface area contributed by atoms with E-state index >= 15 is 0 Å². The Morgan fingerprint density at radius 1 is 0.448 bits per heavy atom. The predicted molar refractivity (Wildman–Crippen MR) is 237 cm³/mol. The summed E-state index contributed by atoms with van der Waals surface area (Å²) in [6.45, 7) is 8.03. The zero-order chi connectivity index (χ0) is 41.9. The summed E-state index contributed by atoms with van der Waals surface area (Å²) in [4.78, 5) is 0. The Morgan fingerprint density at radius 2 is 0.793 bits per heavy atom. The lowest BCUT2D eigenvalue weighted by Gasteiger charge is -2.39. The van der Waals surface area contributed by atoms with Crippen LogP contribution in [0.2, 0.25) is 0 Å². The second kappa shape index (κ2) is 36.1. The zero-order valence-corrected chi connectivity index (χ0v) is 37.6. The molecule has 4 N–H and O–H groups in total. The Hall–Kier alpha value is -1.62. The summed E-state index contributed by atoms with van der Waals surface area (Å²) in [5.74, 6) is 1.87. The molecule has 0 radical (unpaired) electrons. The lowest BCUT2D eigenvalue weighted by Crippen LogP contribution is -2.59. The average molecular weight is 823 g/mol. The minimum atomic E-state index is -1.50. The number of benzene rings is 1. The molecule has 340 valence electrons. The van der Waals surface area contributed by atoms with Crippen LogP contribution >= 0.6 is 0 Å². The van der Waals surface area contributed by atoms with Crippen LogP contribution in [0.25, 0.3) is 0 Å². The van der Waals surface area contributed by atoms with Crippen molar-refractivity contribution < 1.29 is 44.1 Å². The molecule has 0 spiro atoms. The minimum absolute atomic E-state index is 0.0324. The van der Waals surface area contributed by atoms with Gasteiger partial charge in [-0.25, -0.2) is 0 Å². The SMILES string of the molecule is CCCCCCCCCCCCOc1cc(CO[C@@H]2O[C@H](CO)[C@@H](O)[C@H](O)[C@@H]2O)cc(OCCCCCCCCCCCC)c1OCCCCCCCCCCCC. The number of aliphatic hydroxyl groups is 4. The van der Waals surface area contributed by atoms with Crippen LogP contribution in [0.1, 0.15) is 219 Å². The highest BCUT2D eigenvalue weighted by Gasteiger charge is 2.44. The van der Waals surface area contributed by atoms with Gasteiger partial charge in [0.2, 0.25) is 5.75 Å². The first-order valence-corrected chi connectivity index (χ1v) is 24.4. The molecule has 0 aromatic heterocycles. The Labute approximate surface area is 355 Å². The maximum atomic E-state index is 10.6. The molecule has 1 aromatic carbocycles. The summed E-state index contributed by atoms with van der Waals surface area (Å²) in [5, 5.41) is 40.9. The van der Waals surface area contributed by atoms with Crippen molar-refractivity contribution in [3.63, 3.8) is 0 Å². The van der Waals surface area contributed by atoms with Crippen LogP contribution in [0.15, 0.2) is 12.1 Å². The minimum Gasteiger partial charge on any atom is -0.490 e. The van der Waals surface area contributed by atoms with Gasteiger partial charge < -0.3 is 44.1 Å². The van der Waals surface area contributed by atoms with E-state index in [-0.39, 0.29) is 6.61 Å². The monoisotopic (exact) mass is 823 g/mol. The van der Waals surface area contributed by atoms with E-state index in [0.29, 0.717) is 37.1 Å². The molecular formula is C49H90O9. The van der Waals surface area contributed by atoms with Crippen LogP contribution < -0.4 is 14.2 Å². The fraction of sp³-hybridized carbons (Fsp3) is 0.878. The van der Waals surface area contributed by atoms with Gasteiger partial charge in [0.1, 0.15) is 24.4 Å². The van der Waals surface area contributed by atoms with Gasteiger partial charge in [0, 0.05) is 0 Å². The van der Waals surface area contributed by atoms with Crippen LogP contribution in [0, 0.1) is 0 Å². The first kappa shape index (κ1) is 52.5. The quantitative estimate of drug-likeness (QED) is 0.0478. The van der Waals surface area contributed by atoms with Gasteiger partial charge in [0.15, 0.2) is 17.8 Å². The highest BCUT2D eigenvalue weighted by atomic mass is 16.7. The lowest BCUT2D eigenvalue weighted by molar-refractivity contribution is -0.304. The molecule has 2 rings (SSSR count). The van der Waals surface area contributed by atoms with Crippen molar-refractivity contribution in [3.05, 3.63) is 17.7 Å². The molecule has 1 fully saturated rings. The van der Waals surface area contributed by atoms with Crippen molar-refractivity contribution >= 4 is 0 Å². The van der Waals surface area contributed by atoms with Crippen LogP contribution in [-0.2, 0) is 16.1 Å². The summed E-state index contributed by atoms with van der Waals surface area (Å²) < 4.78 is 31.1. The molecule has 1 aliphatic heterocycles. The van der Waals surface area contributed by atoms with E-state index in [1.54, 1.807) is 0 Å². The Kier molecular flexibility index (Phi) is 32.7. The van der Waals surface area contributed by atoms with Gasteiger partial charge in [-0.2, -0.15) is 0 Å². The number of unbranched alkanes of at least 4 members (excludes halogenated alkanes) is 27. The molecule has 0 bridgehead atoms. The number of hydrogen-bond acceptors (Lipinski definition) is 9. The van der Waals surface area contributed by atoms with Gasteiger partial charge in [-0.15, -0.1) is 0 Å². The molecule has 58 heavy (non-hydrogen) atoms. The first-order valence-electron chi connectivity index (χ1n) is 24.4. The second-order valence-electron chi connectivity index (χ2n) is 17.0. The fourth-order valence-electron chi connectivity index (χ4n) is 7.76. The Bertz CT molecular complexity index is 1020. The molecule has 0 saturated carbocycles. The van der Waals surface area contributed by atoms with E-state index in [2.05, 4.69) is 20.8 Å². The average Bonchev–Trinajstić information content (AvgIpc) is 3.23. The van der Waals surface area contributed by atoms with Gasteiger partial charge in [0.05, 0.1) is 33.0 Å². The van der Waals surface area contributed by atoms with Crippen LogP contribution in [0.3, 0.4) is 0 Å². The third-order valence-electron chi connectivity index (χ3n) is 11.6. The molecule has 1 aliphatic rings. The summed E-state index contributed by atoms with van der Waals surface area (Å²) in [7, 11) is 0. The second-order valence-corrected chi connectivity index (χ2v) is 17.0. The van der Waals surface area contributed by atoms with E-state index in [1.165, 1.54) is 154 Å². The maximum absolute atomic E-state index is 10.6. The molecule has 1 aromatic rings. The summed E-state index contributed by atoms with van der Waals surface area (Å²) in [6.07, 6.45) is 30.9. The number of ether oxygens (including phenoxy) is 5. The number of aliphatic hydroxyl groups excluding tert-OH is 4. The summed E-state index contributed by atoms with van der Waals surface area (Å²) in [6, 6.07) is 3.84. The van der Waals surface area contributed by atoms with E-state index in [0.717, 1.165) is 44.1 Å². The number of hydrogen-bond donors (Lipinski definition) is 4. The van der Waals surface area contributed by atoms with Gasteiger partial charge in [0.25, 0.3) is 0 Å². The first-order chi connectivity index (χ1) is 28.5. The molecule has 9 nitrogen and oxygen atoms in total. The van der Waals surface area contributed by atoms with Crippen molar-refractivity contribution in [3.8, 4) is 17.2 Å². The third-order valence-corrected chi connectivity index (χ3v) is 11.6. The molecule has 0 aliphatic carbocycles. The molecule has 5 atom stereocenters. The van der Waals surface area contributed by atoms with Gasteiger partial charge >= 0.3 is 0 Å². The topological polar surface area (TPSA) is 127 Å². The zero-order valence-electron chi connectivity index (χ0n) is 37.6. The maximum Gasteiger partial charge on any atom is 0.203 e. The van der Waals surface area contributed by atoms with Crippen molar-refractivity contribution in [2.45, 2.75) is 251 Å². The number of rotatable bonds is 40. The van der Waals surface area contributed by atoms with Crippen molar-refractivity contribution in [2.24, 2.45) is 0 Å².